The third kappa shape index (κ3) is 6.09. The van der Waals surface area contributed by atoms with E-state index in [0.717, 1.165) is 19.5 Å². The molecule has 0 aromatic carbocycles. The molecule has 0 aliphatic rings. The summed E-state index contributed by atoms with van der Waals surface area (Å²) in [7, 11) is 4.19. The number of hydrogen-bond donors (Lipinski definition) is 1. The fourth-order valence-electron chi connectivity index (χ4n) is 1.60. The number of likely N-dealkylation sites (N-methyl/N-ethyl adjacent to an activating group) is 1. The average Bonchev–Trinajstić information content (AvgIpc) is 2.15. The summed E-state index contributed by atoms with van der Waals surface area (Å²) in [4.78, 5) is 2.21. The molecule has 16 heavy (non-hydrogen) atoms. The minimum atomic E-state index is 0.431. The molecule has 0 unspecified atom stereocenters. The molecule has 2 nitrogen and oxygen atoms in total. The normalized spacial score (nSPS) is 14.9. The van der Waals surface area contributed by atoms with Gasteiger partial charge in [-0.15, -0.1) is 0 Å². The standard InChI is InChI=1S/C14H28N2/c1-11(2)13(5)8-9-15-10-14(12(3)4)16(6)7/h13-15H,1,3,8-10H2,2,4-7H3/t13-,14-/m0/s1. The van der Waals surface area contributed by atoms with Crippen LogP contribution in [0.25, 0.3) is 0 Å². The Kier molecular flexibility index (Phi) is 7.35. The lowest BCUT2D eigenvalue weighted by molar-refractivity contribution is 0.317. The van der Waals surface area contributed by atoms with E-state index in [1.807, 2.05) is 0 Å². The first-order valence-electron chi connectivity index (χ1n) is 6.04. The van der Waals surface area contributed by atoms with Crippen molar-refractivity contribution in [1.29, 1.82) is 0 Å². The molecular formula is C14H28N2. The second-order valence-corrected chi connectivity index (χ2v) is 5.07. The van der Waals surface area contributed by atoms with Gasteiger partial charge in [-0.2, -0.15) is 0 Å². The molecule has 94 valence electrons. The van der Waals surface area contributed by atoms with Gasteiger partial charge in [0.1, 0.15) is 0 Å². The SMILES string of the molecule is C=C(C)[C@@H](C)CCNC[C@@H](C(=C)C)N(C)C. The molecule has 0 heterocycles. The maximum Gasteiger partial charge on any atom is 0.0421 e. The van der Waals surface area contributed by atoms with E-state index < -0.39 is 0 Å². The summed E-state index contributed by atoms with van der Waals surface area (Å²) >= 11 is 0. The van der Waals surface area contributed by atoms with Crippen LogP contribution in [0.1, 0.15) is 27.2 Å². The van der Waals surface area contributed by atoms with Crippen LogP contribution in [0.15, 0.2) is 24.3 Å². The minimum Gasteiger partial charge on any atom is -0.315 e. The van der Waals surface area contributed by atoms with Crippen LogP contribution in [0.3, 0.4) is 0 Å². The predicted octanol–water partition coefficient (Wildman–Crippen LogP) is 2.68. The van der Waals surface area contributed by atoms with Crippen LogP contribution in [0.2, 0.25) is 0 Å². The first kappa shape index (κ1) is 15.4. The Morgan fingerprint density at radius 2 is 1.75 bits per heavy atom. The van der Waals surface area contributed by atoms with E-state index in [9.17, 15) is 0 Å². The van der Waals surface area contributed by atoms with E-state index in [1.54, 1.807) is 0 Å². The van der Waals surface area contributed by atoms with Gasteiger partial charge in [0.25, 0.3) is 0 Å². The molecule has 0 radical (unpaired) electrons. The third-order valence-corrected chi connectivity index (χ3v) is 3.13. The minimum absolute atomic E-state index is 0.431. The maximum absolute atomic E-state index is 4.02. The van der Waals surface area contributed by atoms with Crippen LogP contribution in [-0.2, 0) is 0 Å². The van der Waals surface area contributed by atoms with Gasteiger partial charge in [0.05, 0.1) is 0 Å². The van der Waals surface area contributed by atoms with Crippen LogP contribution in [0.4, 0.5) is 0 Å². The van der Waals surface area contributed by atoms with Gasteiger partial charge in [-0.3, -0.25) is 0 Å². The predicted molar refractivity (Wildman–Crippen MR) is 73.8 cm³/mol. The molecule has 0 bridgehead atoms. The zero-order valence-corrected chi connectivity index (χ0v) is 11.6. The number of allylic oxidation sites excluding steroid dienone is 1. The lowest BCUT2D eigenvalue weighted by Gasteiger charge is -2.25. The second kappa shape index (κ2) is 7.64. The lowest BCUT2D eigenvalue weighted by atomic mass is 10.0. The number of nitrogens with one attached hydrogen (secondary N) is 1. The van der Waals surface area contributed by atoms with Gasteiger partial charge in [-0.1, -0.05) is 31.2 Å². The summed E-state index contributed by atoms with van der Waals surface area (Å²) in [6, 6.07) is 0.431. The smallest absolute Gasteiger partial charge is 0.0421 e. The Morgan fingerprint density at radius 1 is 1.19 bits per heavy atom. The van der Waals surface area contributed by atoms with E-state index in [-0.39, 0.29) is 0 Å². The fraction of sp³-hybridized carbons (Fsp3) is 0.714. The largest absolute Gasteiger partial charge is 0.315 e. The Labute approximate surface area is 101 Å². The maximum atomic E-state index is 4.02. The molecule has 0 aliphatic carbocycles. The zero-order chi connectivity index (χ0) is 12.7. The van der Waals surface area contributed by atoms with Crippen molar-refractivity contribution in [3.63, 3.8) is 0 Å². The van der Waals surface area contributed by atoms with E-state index in [0.29, 0.717) is 12.0 Å². The molecule has 2 heteroatoms. The van der Waals surface area contributed by atoms with Crippen molar-refractivity contribution in [2.45, 2.75) is 33.2 Å². The highest BCUT2D eigenvalue weighted by molar-refractivity contribution is 5.02. The van der Waals surface area contributed by atoms with E-state index in [2.05, 4.69) is 58.2 Å². The van der Waals surface area contributed by atoms with E-state index >= 15 is 0 Å². The molecule has 0 saturated carbocycles. The number of nitrogens with zero attached hydrogens (tertiary/aromatic N) is 1. The Hall–Kier alpha value is -0.600. The summed E-state index contributed by atoms with van der Waals surface area (Å²) < 4.78 is 0. The first-order valence-corrected chi connectivity index (χ1v) is 6.04. The zero-order valence-electron chi connectivity index (χ0n) is 11.6. The molecular weight excluding hydrogens is 196 g/mol. The fourth-order valence-corrected chi connectivity index (χ4v) is 1.60. The van der Waals surface area contributed by atoms with Gasteiger partial charge < -0.3 is 10.2 Å². The van der Waals surface area contributed by atoms with Gasteiger partial charge in [-0.25, -0.2) is 0 Å². The number of rotatable bonds is 8. The summed E-state index contributed by atoms with van der Waals surface area (Å²) in [6.45, 7) is 16.4. The average molecular weight is 224 g/mol. The van der Waals surface area contributed by atoms with Crippen LogP contribution >= 0.6 is 0 Å². The molecule has 0 aromatic heterocycles. The van der Waals surface area contributed by atoms with Crippen molar-refractivity contribution in [1.82, 2.24) is 10.2 Å². The van der Waals surface area contributed by atoms with Crippen LogP contribution in [0.5, 0.6) is 0 Å². The van der Waals surface area contributed by atoms with Crippen LogP contribution < -0.4 is 5.32 Å². The molecule has 0 rings (SSSR count). The molecule has 0 spiro atoms. The molecule has 2 atom stereocenters. The van der Waals surface area contributed by atoms with E-state index in [1.165, 1.54) is 11.1 Å². The Bertz CT molecular complexity index is 231. The molecule has 0 aliphatic heterocycles. The van der Waals surface area contributed by atoms with Crippen LogP contribution in [-0.4, -0.2) is 38.1 Å². The highest BCUT2D eigenvalue weighted by Gasteiger charge is 2.11. The quantitative estimate of drug-likeness (QED) is 0.504. The molecule has 0 fully saturated rings. The van der Waals surface area contributed by atoms with Crippen molar-refractivity contribution in [3.8, 4) is 0 Å². The van der Waals surface area contributed by atoms with Crippen molar-refractivity contribution < 1.29 is 0 Å². The highest BCUT2D eigenvalue weighted by atomic mass is 15.1. The summed E-state index contributed by atoms with van der Waals surface area (Å²) in [5, 5.41) is 3.49. The Balaban J connectivity index is 3.79. The molecule has 0 amide bonds. The summed E-state index contributed by atoms with van der Waals surface area (Å²) in [5.74, 6) is 0.607. The van der Waals surface area contributed by atoms with Gasteiger partial charge in [-0.05, 0) is 46.8 Å². The topological polar surface area (TPSA) is 15.3 Å². The molecule has 0 saturated heterocycles. The number of hydrogen-bond acceptors (Lipinski definition) is 2. The Morgan fingerprint density at radius 3 is 2.12 bits per heavy atom. The summed E-state index contributed by atoms with van der Waals surface area (Å²) in [6.07, 6.45) is 1.16. The van der Waals surface area contributed by atoms with Gasteiger partial charge >= 0.3 is 0 Å². The monoisotopic (exact) mass is 224 g/mol. The van der Waals surface area contributed by atoms with E-state index in [4.69, 9.17) is 0 Å². The van der Waals surface area contributed by atoms with Crippen molar-refractivity contribution in [2.24, 2.45) is 5.92 Å². The summed E-state index contributed by atoms with van der Waals surface area (Å²) in [5.41, 5.74) is 2.48. The third-order valence-electron chi connectivity index (χ3n) is 3.13. The van der Waals surface area contributed by atoms with Crippen molar-refractivity contribution in [3.05, 3.63) is 24.3 Å². The second-order valence-electron chi connectivity index (χ2n) is 5.07. The van der Waals surface area contributed by atoms with Crippen molar-refractivity contribution in [2.75, 3.05) is 27.2 Å². The van der Waals surface area contributed by atoms with Gasteiger partial charge in [0, 0.05) is 12.6 Å². The van der Waals surface area contributed by atoms with Crippen LogP contribution in [0, 0.1) is 5.92 Å². The van der Waals surface area contributed by atoms with Gasteiger partial charge in [0.2, 0.25) is 0 Å². The molecule has 1 N–H and O–H groups in total. The highest BCUT2D eigenvalue weighted by Crippen LogP contribution is 2.10. The molecule has 0 aromatic rings. The van der Waals surface area contributed by atoms with Crippen molar-refractivity contribution >= 4 is 0 Å². The van der Waals surface area contributed by atoms with Gasteiger partial charge in [0.15, 0.2) is 0 Å². The first-order chi connectivity index (χ1) is 7.36. The lowest BCUT2D eigenvalue weighted by Crippen LogP contribution is -2.39.